The van der Waals surface area contributed by atoms with E-state index >= 15 is 0 Å². The monoisotopic (exact) mass is 361 g/mol. The Balaban J connectivity index is 1.54. The molecule has 0 unspecified atom stereocenters. The number of rotatable bonds is 7. The molecule has 4 heteroatoms. The Hall–Kier alpha value is -2.48. The lowest BCUT2D eigenvalue weighted by atomic mass is 9.99. The molecule has 0 aromatic heterocycles. The number of carbonyl (C=O) groups is 1. The number of piperidine rings is 1. The van der Waals surface area contributed by atoms with Crippen molar-refractivity contribution < 1.29 is 4.79 Å². The summed E-state index contributed by atoms with van der Waals surface area (Å²) in [6.07, 6.45) is 3.73. The molecule has 4 nitrogen and oxygen atoms in total. The molecule has 2 N–H and O–H groups in total. The second-order valence-corrected chi connectivity index (χ2v) is 7.30. The maximum atomic E-state index is 12.3. The summed E-state index contributed by atoms with van der Waals surface area (Å²) in [5.74, 6) is 0.157. The third-order valence-electron chi connectivity index (χ3n) is 5.16. The average molecular weight is 361 g/mol. The Morgan fingerprint density at radius 2 is 1.81 bits per heavy atom. The molecule has 2 aromatic rings. The lowest BCUT2D eigenvalue weighted by Crippen LogP contribution is -2.46. The van der Waals surface area contributed by atoms with Crippen molar-refractivity contribution >= 4 is 5.78 Å². The SMILES string of the molecule is Cc1ccc(-c2ccc(C[C@@H](C#N)NCC(=O)[C@@H]3CCCCN3)cc2)cc1. The Morgan fingerprint density at radius 1 is 1.15 bits per heavy atom. The first kappa shape index (κ1) is 19.3. The molecular weight excluding hydrogens is 334 g/mol. The quantitative estimate of drug-likeness (QED) is 0.793. The number of benzene rings is 2. The third-order valence-corrected chi connectivity index (χ3v) is 5.16. The summed E-state index contributed by atoms with van der Waals surface area (Å²) in [6.45, 7) is 3.24. The first-order valence-electron chi connectivity index (χ1n) is 9.71. The fourth-order valence-corrected chi connectivity index (χ4v) is 3.45. The highest BCUT2D eigenvalue weighted by Crippen LogP contribution is 2.20. The van der Waals surface area contributed by atoms with Gasteiger partial charge < -0.3 is 5.32 Å². The smallest absolute Gasteiger partial charge is 0.163 e. The van der Waals surface area contributed by atoms with Crippen LogP contribution in [-0.2, 0) is 11.2 Å². The van der Waals surface area contributed by atoms with Gasteiger partial charge in [0.15, 0.2) is 5.78 Å². The second-order valence-electron chi connectivity index (χ2n) is 7.30. The van der Waals surface area contributed by atoms with E-state index in [2.05, 4.69) is 72.2 Å². The fourth-order valence-electron chi connectivity index (χ4n) is 3.45. The predicted molar refractivity (Wildman–Crippen MR) is 108 cm³/mol. The van der Waals surface area contributed by atoms with Crippen molar-refractivity contribution in [1.82, 2.24) is 10.6 Å². The van der Waals surface area contributed by atoms with E-state index in [4.69, 9.17) is 0 Å². The van der Waals surface area contributed by atoms with Gasteiger partial charge in [-0.25, -0.2) is 0 Å². The number of Topliss-reactive ketones (excluding diaryl/α,β-unsaturated/α-hetero) is 1. The lowest BCUT2D eigenvalue weighted by Gasteiger charge is -2.22. The van der Waals surface area contributed by atoms with E-state index in [1.807, 2.05) is 0 Å². The van der Waals surface area contributed by atoms with Gasteiger partial charge in [-0.1, -0.05) is 60.5 Å². The Morgan fingerprint density at radius 3 is 2.41 bits per heavy atom. The minimum absolute atomic E-state index is 0.0561. The van der Waals surface area contributed by atoms with Crippen LogP contribution < -0.4 is 10.6 Å². The molecule has 1 fully saturated rings. The van der Waals surface area contributed by atoms with E-state index in [0.717, 1.165) is 31.4 Å². The number of nitrogens with zero attached hydrogens (tertiary/aromatic N) is 1. The molecule has 0 radical (unpaired) electrons. The maximum absolute atomic E-state index is 12.3. The van der Waals surface area contributed by atoms with E-state index < -0.39 is 0 Å². The van der Waals surface area contributed by atoms with Crippen molar-refractivity contribution in [2.75, 3.05) is 13.1 Å². The first-order chi connectivity index (χ1) is 13.2. The van der Waals surface area contributed by atoms with Gasteiger partial charge in [0.05, 0.1) is 24.7 Å². The molecule has 0 spiro atoms. The van der Waals surface area contributed by atoms with E-state index in [1.165, 1.54) is 16.7 Å². The summed E-state index contributed by atoms with van der Waals surface area (Å²) >= 11 is 0. The number of aryl methyl sites for hydroxylation is 1. The summed E-state index contributed by atoms with van der Waals surface area (Å²) in [4.78, 5) is 12.3. The molecule has 0 saturated carbocycles. The van der Waals surface area contributed by atoms with Crippen molar-refractivity contribution in [1.29, 1.82) is 5.26 Å². The Labute approximate surface area is 161 Å². The zero-order valence-electron chi connectivity index (χ0n) is 15.9. The molecule has 140 valence electrons. The summed E-state index contributed by atoms with van der Waals surface area (Å²) in [5.41, 5.74) is 4.69. The molecule has 2 aromatic carbocycles. The van der Waals surface area contributed by atoms with E-state index in [0.29, 0.717) is 6.42 Å². The van der Waals surface area contributed by atoms with Crippen LogP contribution in [0.2, 0.25) is 0 Å². The first-order valence-corrected chi connectivity index (χ1v) is 9.71. The van der Waals surface area contributed by atoms with Crippen LogP contribution >= 0.6 is 0 Å². The molecule has 1 aliphatic heterocycles. The molecule has 0 bridgehead atoms. The summed E-state index contributed by atoms with van der Waals surface area (Å²) < 4.78 is 0. The van der Waals surface area contributed by atoms with Crippen LogP contribution in [0.5, 0.6) is 0 Å². The maximum Gasteiger partial charge on any atom is 0.163 e. The topological polar surface area (TPSA) is 64.9 Å². The van der Waals surface area contributed by atoms with Gasteiger partial charge in [0.25, 0.3) is 0 Å². The van der Waals surface area contributed by atoms with Crippen LogP contribution in [0.25, 0.3) is 11.1 Å². The van der Waals surface area contributed by atoms with Crippen molar-refractivity contribution in [3.8, 4) is 17.2 Å². The number of nitrogens with one attached hydrogen (secondary N) is 2. The molecule has 0 amide bonds. The summed E-state index contributed by atoms with van der Waals surface area (Å²) in [5, 5.41) is 15.8. The van der Waals surface area contributed by atoms with Gasteiger partial charge in [-0.05, 0) is 43.0 Å². The molecule has 1 aliphatic rings. The number of ketones is 1. The molecule has 1 saturated heterocycles. The lowest BCUT2D eigenvalue weighted by molar-refractivity contribution is -0.120. The molecule has 27 heavy (non-hydrogen) atoms. The van der Waals surface area contributed by atoms with E-state index in [1.54, 1.807) is 0 Å². The Bertz CT molecular complexity index is 784. The standard InChI is InChI=1S/C23H27N3O/c1-17-5-9-19(10-6-17)20-11-7-18(8-12-20)14-21(15-24)26-16-23(27)22-4-2-3-13-25-22/h5-12,21-22,25-26H,2-4,13-14,16H2,1H3/t21-,22-/m0/s1. The number of carbonyl (C=O) groups excluding carboxylic acids is 1. The molecule has 0 aliphatic carbocycles. The van der Waals surface area contributed by atoms with Gasteiger partial charge in [0, 0.05) is 6.42 Å². The van der Waals surface area contributed by atoms with Crippen LogP contribution in [-0.4, -0.2) is 31.0 Å². The van der Waals surface area contributed by atoms with Gasteiger partial charge in [0.2, 0.25) is 0 Å². The third kappa shape index (κ3) is 5.50. The number of hydrogen-bond donors (Lipinski definition) is 2. The van der Waals surface area contributed by atoms with Gasteiger partial charge in [-0.3, -0.25) is 10.1 Å². The highest BCUT2D eigenvalue weighted by atomic mass is 16.1. The summed E-state index contributed by atoms with van der Waals surface area (Å²) in [6, 6.07) is 18.6. The Kier molecular flexibility index (Phi) is 6.75. The normalized spacial score (nSPS) is 17.9. The highest BCUT2D eigenvalue weighted by molar-refractivity contribution is 5.86. The van der Waals surface area contributed by atoms with Gasteiger partial charge in [-0.2, -0.15) is 5.26 Å². The molecule has 2 atom stereocenters. The molecular formula is C23H27N3O. The van der Waals surface area contributed by atoms with Crippen LogP contribution in [0, 0.1) is 18.3 Å². The van der Waals surface area contributed by atoms with Gasteiger partial charge >= 0.3 is 0 Å². The number of nitriles is 1. The summed E-state index contributed by atoms with van der Waals surface area (Å²) in [7, 11) is 0. The zero-order valence-corrected chi connectivity index (χ0v) is 15.9. The molecule has 1 heterocycles. The van der Waals surface area contributed by atoms with E-state index in [9.17, 15) is 10.1 Å². The highest BCUT2D eigenvalue weighted by Gasteiger charge is 2.21. The molecule has 3 rings (SSSR count). The van der Waals surface area contributed by atoms with Crippen molar-refractivity contribution in [3.63, 3.8) is 0 Å². The zero-order chi connectivity index (χ0) is 19.1. The van der Waals surface area contributed by atoms with Crippen molar-refractivity contribution in [3.05, 3.63) is 59.7 Å². The largest absolute Gasteiger partial charge is 0.307 e. The average Bonchev–Trinajstić information content (AvgIpc) is 2.72. The predicted octanol–water partition coefficient (Wildman–Crippen LogP) is 3.40. The van der Waals surface area contributed by atoms with Crippen LogP contribution in [0.3, 0.4) is 0 Å². The second kappa shape index (κ2) is 9.45. The van der Waals surface area contributed by atoms with Gasteiger partial charge in [-0.15, -0.1) is 0 Å². The number of hydrogen-bond acceptors (Lipinski definition) is 4. The van der Waals surface area contributed by atoms with E-state index in [-0.39, 0.29) is 24.4 Å². The van der Waals surface area contributed by atoms with Crippen molar-refractivity contribution in [2.24, 2.45) is 0 Å². The fraction of sp³-hybridized carbons (Fsp3) is 0.391. The minimum Gasteiger partial charge on any atom is -0.307 e. The minimum atomic E-state index is -0.359. The van der Waals surface area contributed by atoms with Gasteiger partial charge in [0.1, 0.15) is 0 Å². The van der Waals surface area contributed by atoms with Crippen LogP contribution in [0.4, 0.5) is 0 Å². The van der Waals surface area contributed by atoms with Crippen LogP contribution in [0.15, 0.2) is 48.5 Å². The van der Waals surface area contributed by atoms with Crippen molar-refractivity contribution in [2.45, 2.75) is 44.7 Å². The van der Waals surface area contributed by atoms with Crippen LogP contribution in [0.1, 0.15) is 30.4 Å².